The van der Waals surface area contributed by atoms with Gasteiger partial charge in [-0.25, -0.2) is 0 Å². The molecule has 2 nitrogen and oxygen atoms in total. The Hall–Kier alpha value is -0.660. The van der Waals surface area contributed by atoms with Gasteiger partial charge >= 0.3 is 0 Å². The fourth-order valence-corrected chi connectivity index (χ4v) is 7.14. The number of ketones is 2. The van der Waals surface area contributed by atoms with Gasteiger partial charge in [0.1, 0.15) is 11.6 Å². The van der Waals surface area contributed by atoms with Gasteiger partial charge in [-0.05, 0) is 48.3 Å². The standard InChI is InChI=1S/C20H30O2/c1-17(2)11-7-9-19(17,5)15(21)13(11)14-12-8-10-20(6,16(14)22)18(12,3)4/h11-14H,7-10H2,1-6H3/t11-,12-,13+,14+,19-,20-/m1/s1. The molecule has 4 rings (SSSR count). The lowest BCUT2D eigenvalue weighted by Crippen LogP contribution is -2.41. The summed E-state index contributed by atoms with van der Waals surface area (Å²) >= 11 is 0. The molecular formula is C20H30O2. The summed E-state index contributed by atoms with van der Waals surface area (Å²) in [6.45, 7) is 13.4. The molecule has 0 aliphatic heterocycles. The molecule has 4 aliphatic carbocycles. The zero-order valence-corrected chi connectivity index (χ0v) is 15.0. The second kappa shape index (κ2) is 3.70. The van der Waals surface area contributed by atoms with Gasteiger partial charge in [0.05, 0.1) is 0 Å². The molecule has 2 heteroatoms. The SMILES string of the molecule is CC1(C)[C@@H]2CC[C@]1(C)C(=O)[C@@H]2[C@H]1C(=O)[C@@]2(C)CC[C@H]1C2(C)C. The van der Waals surface area contributed by atoms with E-state index >= 15 is 0 Å². The molecule has 4 aliphatic rings. The molecule has 22 heavy (non-hydrogen) atoms. The molecule has 4 bridgehead atoms. The molecule has 0 aromatic heterocycles. The first-order valence-corrected chi connectivity index (χ1v) is 9.09. The highest BCUT2D eigenvalue weighted by Gasteiger charge is 2.74. The van der Waals surface area contributed by atoms with Gasteiger partial charge in [-0.3, -0.25) is 9.59 Å². The van der Waals surface area contributed by atoms with Crippen LogP contribution in [0.3, 0.4) is 0 Å². The molecule has 0 aromatic rings. The minimum atomic E-state index is -0.199. The summed E-state index contributed by atoms with van der Waals surface area (Å²) in [7, 11) is 0. The molecule has 0 heterocycles. The van der Waals surface area contributed by atoms with E-state index in [4.69, 9.17) is 0 Å². The van der Waals surface area contributed by atoms with E-state index in [0.717, 1.165) is 25.7 Å². The number of hydrogen-bond donors (Lipinski definition) is 0. The van der Waals surface area contributed by atoms with Crippen LogP contribution in [0, 0.1) is 45.3 Å². The highest BCUT2D eigenvalue weighted by atomic mass is 16.1. The van der Waals surface area contributed by atoms with Gasteiger partial charge in [0.15, 0.2) is 0 Å². The molecule has 0 N–H and O–H groups in total. The molecular weight excluding hydrogens is 272 g/mol. The molecule has 6 atom stereocenters. The maximum atomic E-state index is 13.3. The maximum Gasteiger partial charge on any atom is 0.143 e. The van der Waals surface area contributed by atoms with Crippen LogP contribution in [0.1, 0.15) is 67.2 Å². The number of fused-ring (bicyclic) bond motifs is 4. The van der Waals surface area contributed by atoms with Crippen molar-refractivity contribution in [2.75, 3.05) is 0 Å². The van der Waals surface area contributed by atoms with Gasteiger partial charge in [0.2, 0.25) is 0 Å². The molecule has 0 amide bonds. The summed E-state index contributed by atoms with van der Waals surface area (Å²) in [6.07, 6.45) is 4.31. The molecule has 4 saturated carbocycles. The Kier molecular flexibility index (Phi) is 2.51. The Morgan fingerprint density at radius 2 is 1.00 bits per heavy atom. The van der Waals surface area contributed by atoms with Crippen molar-refractivity contribution in [2.45, 2.75) is 67.2 Å². The van der Waals surface area contributed by atoms with Gasteiger partial charge in [-0.2, -0.15) is 0 Å². The summed E-state index contributed by atoms with van der Waals surface area (Å²) in [4.78, 5) is 26.6. The third-order valence-corrected chi connectivity index (χ3v) is 9.56. The van der Waals surface area contributed by atoms with E-state index in [1.807, 2.05) is 0 Å². The van der Waals surface area contributed by atoms with Crippen LogP contribution in [0.4, 0.5) is 0 Å². The summed E-state index contributed by atoms with van der Waals surface area (Å²) in [5.41, 5.74) is -0.283. The van der Waals surface area contributed by atoms with Crippen LogP contribution >= 0.6 is 0 Å². The molecule has 0 unspecified atom stereocenters. The maximum absolute atomic E-state index is 13.3. The lowest BCUT2D eigenvalue weighted by atomic mass is 9.67. The van der Waals surface area contributed by atoms with E-state index < -0.39 is 0 Å². The Morgan fingerprint density at radius 1 is 0.682 bits per heavy atom. The number of Topliss-reactive ketones (excluding diaryl/α,β-unsaturated/α-hetero) is 2. The monoisotopic (exact) mass is 302 g/mol. The number of hydrogen-bond acceptors (Lipinski definition) is 2. The molecule has 122 valence electrons. The van der Waals surface area contributed by atoms with Gasteiger partial charge in [0, 0.05) is 22.7 Å². The van der Waals surface area contributed by atoms with E-state index in [0.29, 0.717) is 23.4 Å². The molecule has 4 fully saturated rings. The molecule has 0 radical (unpaired) electrons. The van der Waals surface area contributed by atoms with Crippen LogP contribution in [0.25, 0.3) is 0 Å². The Labute approximate surface area is 134 Å². The van der Waals surface area contributed by atoms with Crippen molar-refractivity contribution < 1.29 is 9.59 Å². The first kappa shape index (κ1) is 14.9. The highest BCUT2D eigenvalue weighted by Crippen LogP contribution is 2.73. The minimum absolute atomic E-state index is 0.00708. The number of carbonyl (C=O) groups excluding carboxylic acids is 2. The van der Waals surface area contributed by atoms with Crippen LogP contribution in [-0.4, -0.2) is 11.6 Å². The van der Waals surface area contributed by atoms with E-state index in [1.165, 1.54) is 0 Å². The second-order valence-electron chi connectivity index (χ2n) is 10.2. The van der Waals surface area contributed by atoms with Crippen molar-refractivity contribution in [3.63, 3.8) is 0 Å². The zero-order chi connectivity index (χ0) is 16.3. The predicted molar refractivity (Wildman–Crippen MR) is 86.2 cm³/mol. The second-order valence-corrected chi connectivity index (χ2v) is 10.2. The first-order valence-electron chi connectivity index (χ1n) is 9.09. The van der Waals surface area contributed by atoms with Crippen molar-refractivity contribution in [1.82, 2.24) is 0 Å². The van der Waals surface area contributed by atoms with Crippen molar-refractivity contribution >= 4 is 11.6 Å². The molecule has 0 spiro atoms. The van der Waals surface area contributed by atoms with Crippen molar-refractivity contribution in [3.05, 3.63) is 0 Å². The summed E-state index contributed by atoms with van der Waals surface area (Å²) in [6, 6.07) is 0. The van der Waals surface area contributed by atoms with E-state index in [-0.39, 0.29) is 33.5 Å². The Bertz CT molecular complexity index is 535. The normalized spacial score (nSPS) is 54.5. The smallest absolute Gasteiger partial charge is 0.143 e. The topological polar surface area (TPSA) is 34.1 Å². The minimum Gasteiger partial charge on any atom is -0.299 e. The fraction of sp³-hybridized carbons (Fsp3) is 0.900. The van der Waals surface area contributed by atoms with E-state index in [1.54, 1.807) is 0 Å². The summed E-state index contributed by atoms with van der Waals surface area (Å²) < 4.78 is 0. The van der Waals surface area contributed by atoms with Crippen LogP contribution in [0.15, 0.2) is 0 Å². The number of carbonyl (C=O) groups is 2. The van der Waals surface area contributed by atoms with Gasteiger partial charge in [-0.1, -0.05) is 41.5 Å². The lowest BCUT2D eigenvalue weighted by Gasteiger charge is -2.34. The van der Waals surface area contributed by atoms with Gasteiger partial charge in [0.25, 0.3) is 0 Å². The lowest BCUT2D eigenvalue weighted by molar-refractivity contribution is -0.141. The first-order chi connectivity index (χ1) is 10.00. The zero-order valence-electron chi connectivity index (χ0n) is 15.0. The third kappa shape index (κ3) is 1.21. The van der Waals surface area contributed by atoms with E-state index in [9.17, 15) is 9.59 Å². The highest BCUT2D eigenvalue weighted by molar-refractivity contribution is 6.00. The van der Waals surface area contributed by atoms with Gasteiger partial charge in [-0.15, -0.1) is 0 Å². The average Bonchev–Trinajstić information content (AvgIpc) is 2.90. The van der Waals surface area contributed by atoms with Crippen LogP contribution in [-0.2, 0) is 9.59 Å². The third-order valence-electron chi connectivity index (χ3n) is 9.56. The summed E-state index contributed by atoms with van der Waals surface area (Å²) in [5, 5.41) is 0. The summed E-state index contributed by atoms with van der Waals surface area (Å²) in [5.74, 6) is 1.67. The largest absolute Gasteiger partial charge is 0.299 e. The molecule has 0 saturated heterocycles. The fourth-order valence-electron chi connectivity index (χ4n) is 7.14. The quantitative estimate of drug-likeness (QED) is 0.725. The molecule has 0 aromatic carbocycles. The average molecular weight is 302 g/mol. The Morgan fingerprint density at radius 3 is 1.23 bits per heavy atom. The van der Waals surface area contributed by atoms with Crippen molar-refractivity contribution in [2.24, 2.45) is 45.3 Å². The van der Waals surface area contributed by atoms with Crippen LogP contribution in [0.2, 0.25) is 0 Å². The van der Waals surface area contributed by atoms with E-state index in [2.05, 4.69) is 41.5 Å². The number of rotatable bonds is 1. The van der Waals surface area contributed by atoms with Crippen molar-refractivity contribution in [1.29, 1.82) is 0 Å². The Balaban J connectivity index is 1.80. The van der Waals surface area contributed by atoms with Crippen molar-refractivity contribution in [3.8, 4) is 0 Å². The predicted octanol–water partition coefficient (Wildman–Crippen LogP) is 4.27. The van der Waals surface area contributed by atoms with Crippen LogP contribution in [0.5, 0.6) is 0 Å². The van der Waals surface area contributed by atoms with Crippen LogP contribution < -0.4 is 0 Å². The van der Waals surface area contributed by atoms with Gasteiger partial charge < -0.3 is 0 Å².